The standard InChI is InChI=1S/C26H25F3N2O/c27-21-7-1-18(2-8-21)13-15-31-16-14-24(17-31)30-26(32)25(19-3-9-22(28)10-4-19)20-5-11-23(29)12-6-20/h1-12,24-25H,13-17H2,(H,30,32)/t24-/m0/s1. The van der Waals surface area contributed by atoms with E-state index in [1.807, 2.05) is 0 Å². The van der Waals surface area contributed by atoms with E-state index >= 15 is 0 Å². The number of nitrogens with zero attached hydrogens (tertiary/aromatic N) is 1. The number of benzene rings is 3. The Kier molecular flexibility index (Phi) is 6.90. The molecule has 1 heterocycles. The minimum atomic E-state index is -0.649. The van der Waals surface area contributed by atoms with Crippen molar-refractivity contribution in [2.24, 2.45) is 0 Å². The quantitative estimate of drug-likeness (QED) is 0.582. The molecule has 0 bridgehead atoms. The fourth-order valence-electron chi connectivity index (χ4n) is 4.18. The third-order valence-corrected chi connectivity index (χ3v) is 5.92. The fourth-order valence-corrected chi connectivity index (χ4v) is 4.18. The number of rotatable bonds is 7. The van der Waals surface area contributed by atoms with Gasteiger partial charge in [-0.2, -0.15) is 0 Å². The first kappa shape index (κ1) is 22.1. The van der Waals surface area contributed by atoms with Crippen molar-refractivity contribution >= 4 is 5.91 Å². The third kappa shape index (κ3) is 5.56. The number of carbonyl (C=O) groups is 1. The lowest BCUT2D eigenvalue weighted by molar-refractivity contribution is -0.122. The second-order valence-electron chi connectivity index (χ2n) is 8.21. The molecule has 0 aromatic heterocycles. The smallest absolute Gasteiger partial charge is 0.232 e. The van der Waals surface area contributed by atoms with E-state index in [1.165, 1.54) is 36.4 Å². The van der Waals surface area contributed by atoms with Crippen molar-refractivity contribution in [2.75, 3.05) is 19.6 Å². The molecule has 0 aliphatic carbocycles. The zero-order valence-corrected chi connectivity index (χ0v) is 17.6. The highest BCUT2D eigenvalue weighted by Gasteiger charge is 2.28. The predicted octanol–water partition coefficient (Wildman–Crippen LogP) is 4.67. The molecule has 166 valence electrons. The van der Waals surface area contributed by atoms with Crippen molar-refractivity contribution in [3.63, 3.8) is 0 Å². The van der Waals surface area contributed by atoms with Crippen molar-refractivity contribution in [3.8, 4) is 0 Å². The molecule has 1 atom stereocenters. The van der Waals surface area contributed by atoms with Crippen LogP contribution < -0.4 is 5.32 Å². The third-order valence-electron chi connectivity index (χ3n) is 5.92. The zero-order valence-electron chi connectivity index (χ0n) is 17.6. The highest BCUT2D eigenvalue weighted by Crippen LogP contribution is 2.26. The highest BCUT2D eigenvalue weighted by molar-refractivity contribution is 5.87. The Hall–Kier alpha value is -3.12. The minimum absolute atomic E-state index is 0.000820. The fraction of sp³-hybridized carbons (Fsp3) is 0.269. The average Bonchev–Trinajstić information content (AvgIpc) is 3.23. The maximum absolute atomic E-state index is 13.4. The van der Waals surface area contributed by atoms with Gasteiger partial charge in [0, 0.05) is 25.7 Å². The van der Waals surface area contributed by atoms with E-state index in [0.717, 1.165) is 38.0 Å². The van der Waals surface area contributed by atoms with Crippen LogP contribution >= 0.6 is 0 Å². The van der Waals surface area contributed by atoms with Crippen molar-refractivity contribution in [1.82, 2.24) is 10.2 Å². The molecule has 0 saturated carbocycles. The Labute approximate surface area is 185 Å². The minimum Gasteiger partial charge on any atom is -0.351 e. The molecule has 1 amide bonds. The second kappa shape index (κ2) is 10.0. The summed E-state index contributed by atoms with van der Waals surface area (Å²) < 4.78 is 39.9. The first-order valence-electron chi connectivity index (χ1n) is 10.8. The van der Waals surface area contributed by atoms with Crippen molar-refractivity contribution < 1.29 is 18.0 Å². The number of nitrogens with one attached hydrogen (secondary N) is 1. The van der Waals surface area contributed by atoms with E-state index in [1.54, 1.807) is 36.4 Å². The van der Waals surface area contributed by atoms with Gasteiger partial charge in [0.25, 0.3) is 0 Å². The Balaban J connectivity index is 1.40. The molecule has 1 N–H and O–H groups in total. The molecule has 32 heavy (non-hydrogen) atoms. The summed E-state index contributed by atoms with van der Waals surface area (Å²) in [6.45, 7) is 2.42. The van der Waals surface area contributed by atoms with Gasteiger partial charge in [-0.05, 0) is 65.9 Å². The molecule has 4 rings (SSSR count). The van der Waals surface area contributed by atoms with Crippen LogP contribution in [0.15, 0.2) is 72.8 Å². The topological polar surface area (TPSA) is 32.3 Å². The van der Waals surface area contributed by atoms with Crippen LogP contribution in [0.25, 0.3) is 0 Å². The van der Waals surface area contributed by atoms with Crippen molar-refractivity contribution in [2.45, 2.75) is 24.8 Å². The van der Waals surface area contributed by atoms with E-state index in [2.05, 4.69) is 10.2 Å². The number of halogens is 3. The number of hydrogen-bond donors (Lipinski definition) is 1. The largest absolute Gasteiger partial charge is 0.351 e. The van der Waals surface area contributed by atoms with E-state index in [-0.39, 0.29) is 29.4 Å². The molecule has 3 aromatic carbocycles. The molecule has 0 spiro atoms. The Morgan fingerprint density at radius 1 is 0.844 bits per heavy atom. The van der Waals surface area contributed by atoms with Gasteiger partial charge < -0.3 is 10.2 Å². The summed E-state index contributed by atoms with van der Waals surface area (Å²) in [4.78, 5) is 15.5. The van der Waals surface area contributed by atoms with E-state index < -0.39 is 5.92 Å². The number of hydrogen-bond acceptors (Lipinski definition) is 2. The summed E-state index contributed by atoms with van der Waals surface area (Å²) in [6.07, 6.45) is 1.64. The summed E-state index contributed by atoms with van der Waals surface area (Å²) in [7, 11) is 0. The molecule has 1 aliphatic heterocycles. The van der Waals surface area contributed by atoms with Gasteiger partial charge in [-0.3, -0.25) is 4.79 Å². The number of carbonyl (C=O) groups excluding carboxylic acids is 1. The summed E-state index contributed by atoms with van der Waals surface area (Å²) in [5.41, 5.74) is 2.38. The molecule has 3 aromatic rings. The Morgan fingerprint density at radius 2 is 1.34 bits per heavy atom. The molecule has 1 aliphatic rings. The molecule has 3 nitrogen and oxygen atoms in total. The lowest BCUT2D eigenvalue weighted by atomic mass is 9.90. The monoisotopic (exact) mass is 438 g/mol. The van der Waals surface area contributed by atoms with Crippen molar-refractivity contribution in [3.05, 3.63) is 107 Å². The van der Waals surface area contributed by atoms with Gasteiger partial charge in [0.2, 0.25) is 5.91 Å². The van der Waals surface area contributed by atoms with E-state index in [4.69, 9.17) is 0 Å². The average molecular weight is 438 g/mol. The highest BCUT2D eigenvalue weighted by atomic mass is 19.1. The molecular weight excluding hydrogens is 413 g/mol. The van der Waals surface area contributed by atoms with E-state index in [0.29, 0.717) is 11.1 Å². The SMILES string of the molecule is O=C(N[C@H]1CCN(CCc2ccc(F)cc2)C1)C(c1ccc(F)cc1)c1ccc(F)cc1. The van der Waals surface area contributed by atoms with Crippen LogP contribution in [0.2, 0.25) is 0 Å². The van der Waals surface area contributed by atoms with Gasteiger partial charge in [-0.25, -0.2) is 13.2 Å². The van der Waals surface area contributed by atoms with Crippen LogP contribution in [0.4, 0.5) is 13.2 Å². The summed E-state index contributed by atoms with van der Waals surface area (Å²) in [5.74, 6) is -1.83. The van der Waals surface area contributed by atoms with Crippen molar-refractivity contribution in [1.29, 1.82) is 0 Å². The normalized spacial score (nSPS) is 16.4. The van der Waals surface area contributed by atoms with Crippen LogP contribution in [-0.4, -0.2) is 36.5 Å². The van der Waals surface area contributed by atoms with Crippen LogP contribution in [0, 0.1) is 17.5 Å². The van der Waals surface area contributed by atoms with E-state index in [9.17, 15) is 18.0 Å². The summed E-state index contributed by atoms with van der Waals surface area (Å²) in [6, 6.07) is 18.2. The Morgan fingerprint density at radius 3 is 1.88 bits per heavy atom. The predicted molar refractivity (Wildman–Crippen MR) is 118 cm³/mol. The Bertz CT molecular complexity index is 991. The van der Waals surface area contributed by atoms with Gasteiger partial charge in [0.15, 0.2) is 0 Å². The number of likely N-dealkylation sites (tertiary alicyclic amines) is 1. The molecule has 6 heteroatoms. The molecule has 0 unspecified atom stereocenters. The van der Waals surface area contributed by atoms with Crippen LogP contribution in [0.3, 0.4) is 0 Å². The maximum atomic E-state index is 13.4. The van der Waals surface area contributed by atoms with Crippen LogP contribution in [0.5, 0.6) is 0 Å². The first-order chi connectivity index (χ1) is 15.5. The van der Waals surface area contributed by atoms with Gasteiger partial charge in [0.05, 0.1) is 5.92 Å². The van der Waals surface area contributed by atoms with Gasteiger partial charge in [0.1, 0.15) is 17.5 Å². The lowest BCUT2D eigenvalue weighted by Gasteiger charge is -2.21. The first-order valence-corrected chi connectivity index (χ1v) is 10.8. The molecule has 0 radical (unpaired) electrons. The van der Waals surface area contributed by atoms with Gasteiger partial charge in [-0.1, -0.05) is 36.4 Å². The lowest BCUT2D eigenvalue weighted by Crippen LogP contribution is -2.40. The van der Waals surface area contributed by atoms with Gasteiger partial charge in [-0.15, -0.1) is 0 Å². The van der Waals surface area contributed by atoms with Crippen LogP contribution in [0.1, 0.15) is 29.0 Å². The summed E-state index contributed by atoms with van der Waals surface area (Å²) >= 11 is 0. The zero-order chi connectivity index (χ0) is 22.5. The summed E-state index contributed by atoms with van der Waals surface area (Å²) in [5, 5.41) is 3.12. The number of amides is 1. The maximum Gasteiger partial charge on any atom is 0.232 e. The van der Waals surface area contributed by atoms with Gasteiger partial charge >= 0.3 is 0 Å². The molecule has 1 fully saturated rings. The molecular formula is C26H25F3N2O. The van der Waals surface area contributed by atoms with Crippen LogP contribution in [-0.2, 0) is 11.2 Å². The second-order valence-corrected chi connectivity index (χ2v) is 8.21. The molecule has 1 saturated heterocycles.